The van der Waals surface area contributed by atoms with Crippen LogP contribution in [0.15, 0.2) is 0 Å². The van der Waals surface area contributed by atoms with Crippen LogP contribution < -0.4 is 5.32 Å². The van der Waals surface area contributed by atoms with Crippen LogP contribution in [0.4, 0.5) is 0 Å². The highest BCUT2D eigenvalue weighted by Crippen LogP contribution is 1.87. The lowest BCUT2D eigenvalue weighted by Crippen LogP contribution is -2.24. The van der Waals surface area contributed by atoms with Gasteiger partial charge in [-0.1, -0.05) is 14.9 Å². The summed E-state index contributed by atoms with van der Waals surface area (Å²) < 4.78 is 15.5. The van der Waals surface area contributed by atoms with Crippen molar-refractivity contribution in [3.8, 4) is 0 Å². The first-order chi connectivity index (χ1) is 6.13. The third-order valence-electron chi connectivity index (χ3n) is 1.21. The molecular formula is C11H29NO3. The quantitative estimate of drug-likeness (QED) is 0.507. The molecule has 0 aliphatic rings. The fourth-order valence-electron chi connectivity index (χ4n) is 0.565. The Morgan fingerprint density at radius 3 is 1.87 bits per heavy atom. The highest BCUT2D eigenvalue weighted by atomic mass is 16.7. The van der Waals surface area contributed by atoms with Crippen molar-refractivity contribution < 1.29 is 14.2 Å². The maximum atomic E-state index is 5.24. The van der Waals surface area contributed by atoms with Crippen molar-refractivity contribution in [2.24, 2.45) is 0 Å². The third-order valence-corrected chi connectivity index (χ3v) is 1.21. The average molecular weight is 223 g/mol. The molecule has 0 rings (SSSR count). The topological polar surface area (TPSA) is 39.7 Å². The summed E-state index contributed by atoms with van der Waals surface area (Å²) in [6, 6.07) is 0. The smallest absolute Gasteiger partial charge is 0.148 e. The molecule has 0 spiro atoms. The Hall–Kier alpha value is -0.160. The first-order valence-corrected chi connectivity index (χ1v) is 4.64. The van der Waals surface area contributed by atoms with E-state index in [2.05, 4.69) is 5.32 Å². The van der Waals surface area contributed by atoms with Gasteiger partial charge in [-0.15, -0.1) is 0 Å². The van der Waals surface area contributed by atoms with E-state index in [9.17, 15) is 0 Å². The molecule has 4 nitrogen and oxygen atoms in total. The van der Waals surface area contributed by atoms with E-state index in [0.29, 0.717) is 20.3 Å². The summed E-state index contributed by atoms with van der Waals surface area (Å²) in [5.41, 5.74) is 0. The minimum absolute atomic E-state index is 0. The van der Waals surface area contributed by atoms with Crippen LogP contribution in [0.25, 0.3) is 0 Å². The van der Waals surface area contributed by atoms with Crippen LogP contribution >= 0.6 is 0 Å². The summed E-state index contributed by atoms with van der Waals surface area (Å²) in [7, 11) is 0. The number of rotatable bonds is 8. The van der Waals surface area contributed by atoms with E-state index in [0.717, 1.165) is 0 Å². The molecule has 0 aromatic heterocycles. The number of nitrogens with one attached hydrogen (secondary N) is 1. The second kappa shape index (κ2) is 13.8. The van der Waals surface area contributed by atoms with Crippen molar-refractivity contribution in [2.45, 2.75) is 54.8 Å². The van der Waals surface area contributed by atoms with Crippen molar-refractivity contribution in [3.05, 3.63) is 0 Å². The van der Waals surface area contributed by atoms with E-state index in [1.807, 2.05) is 27.7 Å². The summed E-state index contributed by atoms with van der Waals surface area (Å²) >= 11 is 0. The summed E-state index contributed by atoms with van der Waals surface area (Å²) in [4.78, 5) is 0. The van der Waals surface area contributed by atoms with E-state index in [4.69, 9.17) is 14.2 Å². The van der Waals surface area contributed by atoms with Gasteiger partial charge >= 0.3 is 0 Å². The van der Waals surface area contributed by atoms with Crippen molar-refractivity contribution in [3.63, 3.8) is 0 Å². The second-order valence-electron chi connectivity index (χ2n) is 3.29. The van der Waals surface area contributed by atoms with Crippen molar-refractivity contribution in [1.29, 1.82) is 0 Å². The highest BCUT2D eigenvalue weighted by molar-refractivity contribution is 4.34. The van der Waals surface area contributed by atoms with Gasteiger partial charge in [0, 0.05) is 0 Å². The Kier molecular flexibility index (Phi) is 18.7. The Balaban J connectivity index is -0.000000720. The number of ether oxygens (including phenoxy) is 3. The molecule has 15 heavy (non-hydrogen) atoms. The lowest BCUT2D eigenvalue weighted by Gasteiger charge is -2.10. The van der Waals surface area contributed by atoms with Crippen LogP contribution in [0.3, 0.4) is 0 Å². The first kappa shape index (κ1) is 20.3. The summed E-state index contributed by atoms with van der Waals surface area (Å²) in [5, 5.41) is 2.97. The van der Waals surface area contributed by atoms with E-state index in [1.165, 1.54) is 0 Å². The fourth-order valence-corrected chi connectivity index (χ4v) is 0.565. The van der Waals surface area contributed by atoms with E-state index in [1.54, 1.807) is 0 Å². The van der Waals surface area contributed by atoms with Crippen molar-refractivity contribution in [1.82, 2.24) is 5.32 Å². The van der Waals surface area contributed by atoms with Crippen LogP contribution in [-0.2, 0) is 14.2 Å². The lowest BCUT2D eigenvalue weighted by atomic mass is 10.5. The zero-order valence-corrected chi connectivity index (χ0v) is 9.00. The highest BCUT2D eigenvalue weighted by Gasteiger charge is 1.93. The Labute approximate surface area is 95.3 Å². The molecule has 0 saturated carbocycles. The normalized spacial score (nSPS) is 10.0. The predicted molar refractivity (Wildman–Crippen MR) is 64.7 cm³/mol. The summed E-state index contributed by atoms with van der Waals surface area (Å²) in [5.74, 6) is 0. The molecule has 0 radical (unpaired) electrons. The Morgan fingerprint density at radius 2 is 1.40 bits per heavy atom. The van der Waals surface area contributed by atoms with Crippen LogP contribution in [-0.4, -0.2) is 32.5 Å². The molecule has 96 valence electrons. The molecule has 0 aliphatic heterocycles. The van der Waals surface area contributed by atoms with Crippen LogP contribution in [0.2, 0.25) is 0 Å². The molecule has 0 saturated heterocycles. The molecule has 0 aromatic rings. The Morgan fingerprint density at radius 1 is 0.867 bits per heavy atom. The third kappa shape index (κ3) is 20.0. The standard InChI is InChI=1S/C9H21NO3.2CH4/c1-8(2)12-6-10-5-11-7-13-9(3)4;;/h8-10H,5-7H2,1-4H3;2*1H4. The van der Waals surface area contributed by atoms with Gasteiger partial charge in [0.2, 0.25) is 0 Å². The zero-order valence-electron chi connectivity index (χ0n) is 9.00. The van der Waals surface area contributed by atoms with Crippen molar-refractivity contribution >= 4 is 0 Å². The summed E-state index contributed by atoms with van der Waals surface area (Å²) in [6.07, 6.45) is 0.464. The second-order valence-corrected chi connectivity index (χ2v) is 3.29. The predicted octanol–water partition coefficient (Wildman–Crippen LogP) is 2.59. The van der Waals surface area contributed by atoms with Gasteiger partial charge in [-0.05, 0) is 27.7 Å². The van der Waals surface area contributed by atoms with E-state index < -0.39 is 0 Å². The molecule has 0 fully saturated rings. The maximum absolute atomic E-state index is 5.24. The summed E-state index contributed by atoms with van der Waals surface area (Å²) in [6.45, 7) is 9.22. The molecular weight excluding hydrogens is 194 g/mol. The average Bonchev–Trinajstić information content (AvgIpc) is 2.01. The van der Waals surface area contributed by atoms with Gasteiger partial charge in [0.25, 0.3) is 0 Å². The number of hydrogen-bond donors (Lipinski definition) is 1. The molecule has 0 heterocycles. The van der Waals surface area contributed by atoms with Crippen LogP contribution in [0.5, 0.6) is 0 Å². The van der Waals surface area contributed by atoms with Gasteiger partial charge in [0.1, 0.15) is 13.5 Å². The largest absolute Gasteiger partial charge is 0.364 e. The molecule has 0 unspecified atom stereocenters. The van der Waals surface area contributed by atoms with E-state index >= 15 is 0 Å². The van der Waals surface area contributed by atoms with Gasteiger partial charge in [-0.3, -0.25) is 5.32 Å². The molecule has 0 amide bonds. The lowest BCUT2D eigenvalue weighted by molar-refractivity contribution is -0.0893. The van der Waals surface area contributed by atoms with Gasteiger partial charge in [-0.25, -0.2) is 0 Å². The minimum atomic E-state index is 0. The molecule has 1 N–H and O–H groups in total. The van der Waals surface area contributed by atoms with Gasteiger partial charge in [0.05, 0.1) is 18.9 Å². The van der Waals surface area contributed by atoms with Crippen molar-refractivity contribution in [2.75, 3.05) is 20.3 Å². The number of hydrogen-bond acceptors (Lipinski definition) is 4. The van der Waals surface area contributed by atoms with Gasteiger partial charge < -0.3 is 14.2 Å². The molecule has 0 atom stereocenters. The minimum Gasteiger partial charge on any atom is -0.364 e. The van der Waals surface area contributed by atoms with Gasteiger partial charge in [-0.2, -0.15) is 0 Å². The van der Waals surface area contributed by atoms with Crippen LogP contribution in [0.1, 0.15) is 42.5 Å². The van der Waals surface area contributed by atoms with E-state index in [-0.39, 0.29) is 27.1 Å². The molecule has 4 heteroatoms. The zero-order chi connectivity index (χ0) is 10.1. The van der Waals surface area contributed by atoms with Crippen LogP contribution in [0, 0.1) is 0 Å². The SMILES string of the molecule is C.C.CC(C)OCNCOCOC(C)C. The monoisotopic (exact) mass is 223 g/mol. The molecule has 0 aromatic carbocycles. The Bertz CT molecular complexity index is 96.0. The maximum Gasteiger partial charge on any atom is 0.148 e. The fraction of sp³-hybridized carbons (Fsp3) is 1.00. The molecule has 0 bridgehead atoms. The first-order valence-electron chi connectivity index (χ1n) is 4.64. The molecule has 0 aliphatic carbocycles. The van der Waals surface area contributed by atoms with Gasteiger partial charge in [0.15, 0.2) is 0 Å².